The Bertz CT molecular complexity index is 767. The molecule has 1 atom stereocenters. The highest BCUT2D eigenvalue weighted by Crippen LogP contribution is 2.28. The van der Waals surface area contributed by atoms with Crippen LogP contribution < -0.4 is 5.32 Å². The Kier molecular flexibility index (Phi) is 3.05. The highest BCUT2D eigenvalue weighted by Gasteiger charge is 2.21. The Morgan fingerprint density at radius 3 is 2.86 bits per heavy atom. The van der Waals surface area contributed by atoms with E-state index in [0.29, 0.717) is 6.10 Å². The smallest absolute Gasteiger partial charge is 0.0981 e. The Labute approximate surface area is 123 Å². The third kappa shape index (κ3) is 2.60. The number of fused-ring (bicyclic) bond motifs is 1. The first-order chi connectivity index (χ1) is 10.4. The second kappa shape index (κ2) is 5.19. The number of benzene rings is 2. The van der Waals surface area contributed by atoms with Crippen LogP contribution in [0.3, 0.4) is 0 Å². The second-order valence-electron chi connectivity index (χ2n) is 5.29. The topological polar surface area (TPSA) is 37.5 Å². The lowest BCUT2D eigenvalue weighted by Gasteiger charge is -2.10. The molecule has 1 aliphatic rings. The van der Waals surface area contributed by atoms with Crippen LogP contribution in [-0.4, -0.2) is 24.2 Å². The summed E-state index contributed by atoms with van der Waals surface area (Å²) >= 11 is 0. The molecule has 3 heteroatoms. The average Bonchev–Trinajstić information content (AvgIpc) is 3.37. The molecule has 3 aromatic rings. The van der Waals surface area contributed by atoms with Gasteiger partial charge in [-0.15, -0.1) is 0 Å². The van der Waals surface area contributed by atoms with E-state index in [0.717, 1.165) is 30.1 Å². The van der Waals surface area contributed by atoms with Gasteiger partial charge < -0.3 is 10.1 Å². The molecule has 2 heterocycles. The Hall–Kier alpha value is -2.39. The molecule has 21 heavy (non-hydrogen) atoms. The largest absolute Gasteiger partial charge is 0.382 e. The van der Waals surface area contributed by atoms with Crippen molar-refractivity contribution >= 4 is 16.5 Å². The van der Waals surface area contributed by atoms with Crippen molar-refractivity contribution in [3.63, 3.8) is 0 Å². The summed E-state index contributed by atoms with van der Waals surface area (Å²) in [5, 5.41) is 5.94. The number of hydrogen-bond acceptors (Lipinski definition) is 3. The zero-order chi connectivity index (χ0) is 14.1. The molecule has 0 aliphatic carbocycles. The summed E-state index contributed by atoms with van der Waals surface area (Å²) in [6.07, 6.45) is 2.20. The Morgan fingerprint density at radius 1 is 1.10 bits per heavy atom. The summed E-state index contributed by atoms with van der Waals surface area (Å²) in [6, 6.07) is 18.8. The fraction of sp³-hybridized carbons (Fsp3) is 0.167. The van der Waals surface area contributed by atoms with E-state index in [-0.39, 0.29) is 0 Å². The first-order valence-electron chi connectivity index (χ1n) is 7.20. The molecule has 0 bridgehead atoms. The maximum Gasteiger partial charge on any atom is 0.0981 e. The predicted molar refractivity (Wildman–Crippen MR) is 85.4 cm³/mol. The van der Waals surface area contributed by atoms with E-state index in [1.165, 1.54) is 10.8 Å². The zero-order valence-electron chi connectivity index (χ0n) is 11.6. The standard InChI is InChI=1S/C18H16N2O/c1-2-9-19-17(5-1)14-8-7-13-4-3-6-18(16(13)10-14)20-11-15-12-21-15/h1-10,15,20H,11-12H2. The lowest BCUT2D eigenvalue weighted by Crippen LogP contribution is -2.07. The predicted octanol–water partition coefficient (Wildman–Crippen LogP) is 3.71. The van der Waals surface area contributed by atoms with Gasteiger partial charge in [0, 0.05) is 29.4 Å². The van der Waals surface area contributed by atoms with Gasteiger partial charge in [0.2, 0.25) is 0 Å². The van der Waals surface area contributed by atoms with Gasteiger partial charge in [-0.05, 0) is 29.7 Å². The molecule has 0 spiro atoms. The van der Waals surface area contributed by atoms with Crippen molar-refractivity contribution < 1.29 is 4.74 Å². The van der Waals surface area contributed by atoms with Crippen LogP contribution in [0.2, 0.25) is 0 Å². The van der Waals surface area contributed by atoms with Crippen molar-refractivity contribution in [1.29, 1.82) is 0 Å². The molecule has 1 N–H and O–H groups in total. The van der Waals surface area contributed by atoms with Crippen LogP contribution in [0.25, 0.3) is 22.0 Å². The maximum absolute atomic E-state index is 5.26. The second-order valence-corrected chi connectivity index (χ2v) is 5.29. The molecule has 1 aliphatic heterocycles. The molecule has 0 amide bonds. The number of nitrogens with one attached hydrogen (secondary N) is 1. The van der Waals surface area contributed by atoms with E-state index in [2.05, 4.69) is 46.7 Å². The number of nitrogens with zero attached hydrogens (tertiary/aromatic N) is 1. The van der Waals surface area contributed by atoms with Gasteiger partial charge in [0.25, 0.3) is 0 Å². The number of rotatable bonds is 4. The molecular weight excluding hydrogens is 260 g/mol. The van der Waals surface area contributed by atoms with E-state index in [1.807, 2.05) is 24.4 Å². The molecule has 1 fully saturated rings. The first kappa shape index (κ1) is 12.4. The van der Waals surface area contributed by atoms with Crippen LogP contribution in [0.1, 0.15) is 0 Å². The Morgan fingerprint density at radius 2 is 2.05 bits per heavy atom. The minimum atomic E-state index is 0.374. The van der Waals surface area contributed by atoms with Gasteiger partial charge in [0.1, 0.15) is 0 Å². The molecule has 104 valence electrons. The maximum atomic E-state index is 5.26. The van der Waals surface area contributed by atoms with Crippen LogP contribution in [0.15, 0.2) is 60.8 Å². The number of pyridine rings is 1. The van der Waals surface area contributed by atoms with Gasteiger partial charge in [0.05, 0.1) is 18.4 Å². The summed E-state index contributed by atoms with van der Waals surface area (Å²) in [4.78, 5) is 4.43. The number of ether oxygens (including phenoxy) is 1. The van der Waals surface area contributed by atoms with Crippen LogP contribution in [0.4, 0.5) is 5.69 Å². The van der Waals surface area contributed by atoms with Crippen LogP contribution in [0.5, 0.6) is 0 Å². The molecule has 3 nitrogen and oxygen atoms in total. The molecule has 1 saturated heterocycles. The number of hydrogen-bond donors (Lipinski definition) is 1. The average molecular weight is 276 g/mol. The summed E-state index contributed by atoms with van der Waals surface area (Å²) < 4.78 is 5.26. The normalized spacial score (nSPS) is 16.9. The summed E-state index contributed by atoms with van der Waals surface area (Å²) in [6.45, 7) is 1.74. The van der Waals surface area contributed by atoms with Crippen molar-refractivity contribution in [2.24, 2.45) is 0 Å². The molecule has 1 aromatic heterocycles. The number of aromatic nitrogens is 1. The van der Waals surface area contributed by atoms with Crippen LogP contribution in [0, 0.1) is 0 Å². The van der Waals surface area contributed by atoms with E-state index in [1.54, 1.807) is 0 Å². The van der Waals surface area contributed by atoms with Crippen molar-refractivity contribution in [3.8, 4) is 11.3 Å². The third-order valence-corrected chi connectivity index (χ3v) is 3.77. The SMILES string of the molecule is c1ccc(-c2ccc3cccc(NCC4CO4)c3c2)nc1. The monoisotopic (exact) mass is 276 g/mol. The Balaban J connectivity index is 1.75. The minimum absolute atomic E-state index is 0.374. The minimum Gasteiger partial charge on any atom is -0.382 e. The molecule has 2 aromatic carbocycles. The van der Waals surface area contributed by atoms with Gasteiger partial charge in [-0.3, -0.25) is 4.98 Å². The van der Waals surface area contributed by atoms with Crippen LogP contribution >= 0.6 is 0 Å². The van der Waals surface area contributed by atoms with Crippen molar-refractivity contribution in [2.45, 2.75) is 6.10 Å². The van der Waals surface area contributed by atoms with Gasteiger partial charge in [0.15, 0.2) is 0 Å². The molecule has 0 saturated carbocycles. The zero-order valence-corrected chi connectivity index (χ0v) is 11.6. The highest BCUT2D eigenvalue weighted by molar-refractivity contribution is 5.96. The van der Waals surface area contributed by atoms with Crippen LogP contribution in [-0.2, 0) is 4.74 Å². The van der Waals surface area contributed by atoms with Gasteiger partial charge in [-0.25, -0.2) is 0 Å². The van der Waals surface area contributed by atoms with Crippen molar-refractivity contribution in [3.05, 3.63) is 60.8 Å². The highest BCUT2D eigenvalue weighted by atomic mass is 16.6. The molecule has 1 unspecified atom stereocenters. The van der Waals surface area contributed by atoms with E-state index < -0.39 is 0 Å². The van der Waals surface area contributed by atoms with Gasteiger partial charge in [-0.1, -0.05) is 30.3 Å². The summed E-state index contributed by atoms with van der Waals surface area (Å²) in [7, 11) is 0. The van der Waals surface area contributed by atoms with E-state index in [4.69, 9.17) is 4.74 Å². The van der Waals surface area contributed by atoms with E-state index in [9.17, 15) is 0 Å². The molecular formula is C18H16N2O. The fourth-order valence-electron chi connectivity index (χ4n) is 2.53. The van der Waals surface area contributed by atoms with Gasteiger partial charge >= 0.3 is 0 Å². The molecule has 0 radical (unpaired) electrons. The quantitative estimate of drug-likeness (QED) is 0.738. The van der Waals surface area contributed by atoms with Crippen molar-refractivity contribution in [2.75, 3.05) is 18.5 Å². The number of epoxide rings is 1. The number of anilines is 1. The lowest BCUT2D eigenvalue weighted by atomic mass is 10.0. The lowest BCUT2D eigenvalue weighted by molar-refractivity contribution is 0.417. The van der Waals surface area contributed by atoms with E-state index >= 15 is 0 Å². The van der Waals surface area contributed by atoms with Gasteiger partial charge in [-0.2, -0.15) is 0 Å². The van der Waals surface area contributed by atoms with Crippen molar-refractivity contribution in [1.82, 2.24) is 4.98 Å². The summed E-state index contributed by atoms with van der Waals surface area (Å²) in [5.74, 6) is 0. The summed E-state index contributed by atoms with van der Waals surface area (Å²) in [5.41, 5.74) is 3.29. The third-order valence-electron chi connectivity index (χ3n) is 3.77. The fourth-order valence-corrected chi connectivity index (χ4v) is 2.53. The first-order valence-corrected chi connectivity index (χ1v) is 7.20. The molecule has 4 rings (SSSR count).